The molecule has 2 N–H and O–H groups in total. The highest BCUT2D eigenvalue weighted by Crippen LogP contribution is 2.43. The van der Waals surface area contributed by atoms with Crippen LogP contribution < -0.4 is 15.5 Å². The van der Waals surface area contributed by atoms with Gasteiger partial charge in [-0.1, -0.05) is 32.0 Å². The monoisotopic (exact) mass is 554 g/mol. The zero-order valence-electron chi connectivity index (χ0n) is 22.7. The molecule has 3 heterocycles. The van der Waals surface area contributed by atoms with Crippen molar-refractivity contribution in [3.63, 3.8) is 0 Å². The molecule has 8 nitrogen and oxygen atoms in total. The van der Waals surface area contributed by atoms with Crippen molar-refractivity contribution in [3.05, 3.63) is 102 Å². The molecule has 1 saturated heterocycles. The molecule has 204 valence electrons. The van der Waals surface area contributed by atoms with Crippen LogP contribution in [0.3, 0.4) is 0 Å². The first-order valence-electron chi connectivity index (χ1n) is 13.0. The van der Waals surface area contributed by atoms with Crippen LogP contribution in [0.4, 0.5) is 11.4 Å². The van der Waals surface area contributed by atoms with Crippen LogP contribution in [0.5, 0.6) is 0 Å². The Kier molecular flexibility index (Phi) is 7.66. The van der Waals surface area contributed by atoms with Gasteiger partial charge >= 0.3 is 5.97 Å². The highest BCUT2D eigenvalue weighted by molar-refractivity contribution is 7.80. The van der Waals surface area contributed by atoms with Crippen molar-refractivity contribution >= 4 is 40.6 Å². The standard InChI is InChI=1S/C31H30N4O4S/c1-18(2)29(36)33-23-13-12-22(17-19(23)3)35-28(27(34-31(35)40)24-7-5-6-16-32-24)26-15-14-25(39-26)20-8-10-21(11-9-20)30(37)38-4/h5-18,27-28H,1-4H3,(H,33,36)(H,34,40)/t27-,28+/m0/s1. The number of nitrogens with one attached hydrogen (secondary N) is 2. The Labute approximate surface area is 238 Å². The molecule has 0 unspecified atom stereocenters. The van der Waals surface area contributed by atoms with Crippen LogP contribution in [0.25, 0.3) is 11.3 Å². The van der Waals surface area contributed by atoms with Crippen LogP contribution in [0.1, 0.15) is 53.3 Å². The Balaban J connectivity index is 1.52. The minimum atomic E-state index is -0.392. The Morgan fingerprint density at radius 2 is 1.85 bits per heavy atom. The predicted octanol–water partition coefficient (Wildman–Crippen LogP) is 6.21. The Bertz CT molecular complexity index is 1550. The van der Waals surface area contributed by atoms with Gasteiger partial charge in [0.25, 0.3) is 0 Å². The lowest BCUT2D eigenvalue weighted by Gasteiger charge is -2.27. The van der Waals surface area contributed by atoms with Crippen LogP contribution in [-0.4, -0.2) is 29.1 Å². The van der Waals surface area contributed by atoms with Crippen molar-refractivity contribution in [2.45, 2.75) is 32.9 Å². The molecular weight excluding hydrogens is 524 g/mol. The van der Waals surface area contributed by atoms with Crippen molar-refractivity contribution < 1.29 is 18.7 Å². The van der Waals surface area contributed by atoms with Gasteiger partial charge in [-0.25, -0.2) is 4.79 Å². The number of aryl methyl sites for hydroxylation is 1. The summed E-state index contributed by atoms with van der Waals surface area (Å²) in [6.45, 7) is 5.68. The third kappa shape index (κ3) is 5.33. The summed E-state index contributed by atoms with van der Waals surface area (Å²) in [5.41, 5.74) is 4.66. The predicted molar refractivity (Wildman–Crippen MR) is 158 cm³/mol. The molecule has 0 saturated carbocycles. The van der Waals surface area contributed by atoms with Gasteiger partial charge in [0.05, 0.1) is 24.4 Å². The number of carbonyl (C=O) groups is 2. The van der Waals surface area contributed by atoms with E-state index in [1.54, 1.807) is 18.3 Å². The smallest absolute Gasteiger partial charge is 0.337 e. The van der Waals surface area contributed by atoms with Gasteiger partial charge in [0.15, 0.2) is 5.11 Å². The van der Waals surface area contributed by atoms with Crippen LogP contribution in [0.15, 0.2) is 83.4 Å². The van der Waals surface area contributed by atoms with E-state index >= 15 is 0 Å². The normalized spacial score (nSPS) is 16.6. The van der Waals surface area contributed by atoms with Crippen molar-refractivity contribution in [3.8, 4) is 11.3 Å². The molecule has 1 fully saturated rings. The lowest BCUT2D eigenvalue weighted by atomic mass is 10.0. The molecular formula is C31H30N4O4S. The number of esters is 1. The number of furan rings is 1. The highest BCUT2D eigenvalue weighted by Gasteiger charge is 2.42. The van der Waals surface area contributed by atoms with E-state index in [-0.39, 0.29) is 23.9 Å². The van der Waals surface area contributed by atoms with E-state index in [1.165, 1.54) is 7.11 Å². The first-order valence-corrected chi connectivity index (χ1v) is 13.4. The number of thiocarbonyl (C=S) groups is 1. The van der Waals surface area contributed by atoms with Gasteiger partial charge in [-0.15, -0.1) is 0 Å². The summed E-state index contributed by atoms with van der Waals surface area (Å²) in [4.78, 5) is 30.8. The van der Waals surface area contributed by atoms with E-state index in [4.69, 9.17) is 21.4 Å². The molecule has 0 radical (unpaired) electrons. The molecule has 4 aromatic rings. The molecule has 40 heavy (non-hydrogen) atoms. The van der Waals surface area contributed by atoms with Crippen LogP contribution >= 0.6 is 12.2 Å². The average Bonchev–Trinajstić information content (AvgIpc) is 3.59. The second kappa shape index (κ2) is 11.3. The van der Waals surface area contributed by atoms with Gasteiger partial charge < -0.3 is 24.7 Å². The Hall–Kier alpha value is -4.50. The number of amides is 1. The number of nitrogens with zero attached hydrogens (tertiary/aromatic N) is 2. The number of ether oxygens (including phenoxy) is 1. The number of hydrogen-bond acceptors (Lipinski definition) is 6. The summed E-state index contributed by atoms with van der Waals surface area (Å²) in [7, 11) is 1.36. The minimum absolute atomic E-state index is 0.0370. The summed E-state index contributed by atoms with van der Waals surface area (Å²) in [5, 5.41) is 6.97. The maximum Gasteiger partial charge on any atom is 0.337 e. The quantitative estimate of drug-likeness (QED) is 0.206. The maximum absolute atomic E-state index is 12.3. The Morgan fingerprint density at radius 3 is 2.50 bits per heavy atom. The molecule has 2 aromatic carbocycles. The SMILES string of the molecule is COC(=O)c1ccc(-c2ccc([C@@H]3[C@H](c4ccccn4)NC(=S)N3c3ccc(NC(=O)C(C)C)c(C)c3)o2)cc1. The van der Waals surface area contributed by atoms with E-state index < -0.39 is 5.97 Å². The number of pyridine rings is 1. The Morgan fingerprint density at radius 1 is 1.07 bits per heavy atom. The third-order valence-corrected chi connectivity index (χ3v) is 7.19. The summed E-state index contributed by atoms with van der Waals surface area (Å²) in [5.74, 6) is 0.806. The molecule has 0 bridgehead atoms. The molecule has 5 rings (SSSR count). The molecule has 1 amide bonds. The van der Waals surface area contributed by atoms with Gasteiger partial charge in [-0.2, -0.15) is 0 Å². The van der Waals surface area contributed by atoms with Gasteiger partial charge in [-0.3, -0.25) is 9.78 Å². The minimum Gasteiger partial charge on any atom is -0.465 e. The van der Waals surface area contributed by atoms with E-state index in [2.05, 4.69) is 15.6 Å². The topological polar surface area (TPSA) is 96.7 Å². The largest absolute Gasteiger partial charge is 0.465 e. The number of anilines is 2. The zero-order valence-corrected chi connectivity index (χ0v) is 23.5. The van der Waals surface area contributed by atoms with E-state index in [1.807, 2.05) is 86.3 Å². The number of benzene rings is 2. The third-order valence-electron chi connectivity index (χ3n) is 6.88. The first-order chi connectivity index (χ1) is 19.3. The summed E-state index contributed by atoms with van der Waals surface area (Å²) in [6.07, 6.45) is 1.76. The molecule has 9 heteroatoms. The van der Waals surface area contributed by atoms with Crippen molar-refractivity contribution in [2.75, 3.05) is 17.3 Å². The van der Waals surface area contributed by atoms with Gasteiger partial charge in [0, 0.05) is 29.1 Å². The van der Waals surface area contributed by atoms with Gasteiger partial charge in [-0.05, 0) is 79.3 Å². The summed E-state index contributed by atoms with van der Waals surface area (Å²) < 4.78 is 11.2. The van der Waals surface area contributed by atoms with E-state index in [0.29, 0.717) is 22.2 Å². The molecule has 2 aromatic heterocycles. The van der Waals surface area contributed by atoms with Crippen LogP contribution in [-0.2, 0) is 9.53 Å². The maximum atomic E-state index is 12.3. The molecule has 0 aliphatic carbocycles. The van der Waals surface area contributed by atoms with Gasteiger partial charge in [0.2, 0.25) is 5.91 Å². The lowest BCUT2D eigenvalue weighted by molar-refractivity contribution is -0.118. The van der Waals surface area contributed by atoms with Crippen molar-refractivity contribution in [1.29, 1.82) is 0 Å². The fraction of sp³-hybridized carbons (Fsp3) is 0.226. The number of carbonyl (C=O) groups excluding carboxylic acids is 2. The molecule has 1 aliphatic rings. The zero-order chi connectivity index (χ0) is 28.4. The molecule has 1 aliphatic heterocycles. The molecule has 0 spiro atoms. The van der Waals surface area contributed by atoms with E-state index in [0.717, 1.165) is 28.2 Å². The van der Waals surface area contributed by atoms with Crippen molar-refractivity contribution in [2.24, 2.45) is 5.92 Å². The average molecular weight is 555 g/mol. The lowest BCUT2D eigenvalue weighted by Crippen LogP contribution is -2.29. The second-order valence-electron chi connectivity index (χ2n) is 9.91. The van der Waals surface area contributed by atoms with Crippen molar-refractivity contribution in [1.82, 2.24) is 10.3 Å². The number of aromatic nitrogens is 1. The second-order valence-corrected chi connectivity index (χ2v) is 10.3. The van der Waals surface area contributed by atoms with Gasteiger partial charge in [0.1, 0.15) is 17.6 Å². The van der Waals surface area contributed by atoms with Crippen LogP contribution in [0, 0.1) is 12.8 Å². The highest BCUT2D eigenvalue weighted by atomic mass is 32.1. The number of methoxy groups -OCH3 is 1. The first kappa shape index (κ1) is 27.1. The molecule has 2 atom stereocenters. The number of hydrogen-bond donors (Lipinski definition) is 2. The fourth-order valence-electron chi connectivity index (χ4n) is 4.69. The number of rotatable bonds is 7. The van der Waals surface area contributed by atoms with E-state index in [9.17, 15) is 9.59 Å². The fourth-order valence-corrected chi connectivity index (χ4v) is 5.04. The van der Waals surface area contributed by atoms with Crippen LogP contribution in [0.2, 0.25) is 0 Å². The summed E-state index contributed by atoms with van der Waals surface area (Å²) >= 11 is 5.84. The summed E-state index contributed by atoms with van der Waals surface area (Å²) in [6, 6.07) is 22.0.